The summed E-state index contributed by atoms with van der Waals surface area (Å²) in [5.74, 6) is 0.248. The minimum Gasteiger partial charge on any atom is -0.375 e. The Labute approximate surface area is 134 Å². The summed E-state index contributed by atoms with van der Waals surface area (Å²) in [6.45, 7) is 1.41. The lowest BCUT2D eigenvalue weighted by atomic mass is 10.0. The van der Waals surface area contributed by atoms with Gasteiger partial charge in [-0.15, -0.1) is 11.3 Å². The Bertz CT molecular complexity index is 829. The van der Waals surface area contributed by atoms with E-state index in [4.69, 9.17) is 5.73 Å². The zero-order valence-electron chi connectivity index (χ0n) is 11.6. The molecule has 1 amide bonds. The topological polar surface area (TPSA) is 85.0 Å². The Balaban J connectivity index is 1.55. The van der Waals surface area contributed by atoms with Crippen molar-refractivity contribution >= 4 is 44.1 Å². The third-order valence-corrected chi connectivity index (χ3v) is 5.26. The molecule has 0 radical (unpaired) electrons. The van der Waals surface area contributed by atoms with E-state index in [0.29, 0.717) is 23.0 Å². The maximum atomic E-state index is 12.3. The second-order valence-electron chi connectivity index (χ2n) is 5.22. The van der Waals surface area contributed by atoms with Crippen molar-refractivity contribution in [2.45, 2.75) is 12.3 Å². The molecule has 0 bridgehead atoms. The van der Waals surface area contributed by atoms with Crippen LogP contribution in [0.3, 0.4) is 0 Å². The Morgan fingerprint density at radius 3 is 3.09 bits per heavy atom. The second-order valence-corrected chi connectivity index (χ2v) is 7.00. The highest BCUT2D eigenvalue weighted by atomic mass is 32.1. The molecule has 2 N–H and O–H groups in total. The molecule has 4 rings (SSSR count). The van der Waals surface area contributed by atoms with E-state index in [1.165, 1.54) is 22.7 Å². The molecule has 6 nitrogen and oxygen atoms in total. The van der Waals surface area contributed by atoms with Crippen LogP contribution in [0, 0.1) is 0 Å². The molecular formula is C14H13N5OS2. The molecule has 22 heavy (non-hydrogen) atoms. The fraction of sp³-hybridized carbons (Fsp3) is 0.286. The summed E-state index contributed by atoms with van der Waals surface area (Å²) in [7, 11) is 0. The van der Waals surface area contributed by atoms with Gasteiger partial charge in [0.1, 0.15) is 5.69 Å². The van der Waals surface area contributed by atoms with Gasteiger partial charge in [0, 0.05) is 30.1 Å². The van der Waals surface area contributed by atoms with Gasteiger partial charge < -0.3 is 10.6 Å². The number of nitrogens with two attached hydrogens (primary N) is 1. The lowest BCUT2D eigenvalue weighted by molar-refractivity contribution is 0.0785. The lowest BCUT2D eigenvalue weighted by Crippen LogP contribution is -2.28. The molecular weight excluding hydrogens is 318 g/mol. The van der Waals surface area contributed by atoms with Crippen LogP contribution in [0.5, 0.6) is 0 Å². The highest BCUT2D eigenvalue weighted by Gasteiger charge is 2.29. The average Bonchev–Trinajstić information content (AvgIpc) is 3.25. The number of amides is 1. The number of pyridine rings is 1. The Hall–Kier alpha value is -2.06. The fourth-order valence-electron chi connectivity index (χ4n) is 2.74. The number of carbonyl (C=O) groups excluding carboxylic acids is 1. The number of aromatic nitrogens is 3. The number of anilines is 1. The van der Waals surface area contributed by atoms with E-state index in [9.17, 15) is 4.79 Å². The van der Waals surface area contributed by atoms with Crippen molar-refractivity contribution in [2.24, 2.45) is 0 Å². The number of likely N-dealkylation sites (tertiary alicyclic amines) is 1. The molecule has 3 aromatic rings. The molecule has 4 heterocycles. The summed E-state index contributed by atoms with van der Waals surface area (Å²) in [5, 5.41) is 2.32. The van der Waals surface area contributed by atoms with Crippen molar-refractivity contribution in [3.63, 3.8) is 0 Å². The van der Waals surface area contributed by atoms with Gasteiger partial charge in [-0.05, 0) is 18.6 Å². The van der Waals surface area contributed by atoms with Crippen molar-refractivity contribution in [1.29, 1.82) is 0 Å². The molecule has 0 saturated carbocycles. The van der Waals surface area contributed by atoms with Gasteiger partial charge >= 0.3 is 0 Å². The molecule has 0 aliphatic carbocycles. The van der Waals surface area contributed by atoms with E-state index in [2.05, 4.69) is 15.0 Å². The van der Waals surface area contributed by atoms with Gasteiger partial charge in [-0.1, -0.05) is 11.3 Å². The molecule has 0 aromatic carbocycles. The summed E-state index contributed by atoms with van der Waals surface area (Å²) in [5.41, 5.74) is 9.61. The van der Waals surface area contributed by atoms with Crippen LogP contribution >= 0.6 is 22.7 Å². The Kier molecular flexibility index (Phi) is 3.27. The maximum absolute atomic E-state index is 12.3. The van der Waals surface area contributed by atoms with Crippen LogP contribution in [0.15, 0.2) is 23.0 Å². The summed E-state index contributed by atoms with van der Waals surface area (Å²) < 4.78 is 0.995. The van der Waals surface area contributed by atoms with Crippen molar-refractivity contribution in [1.82, 2.24) is 19.9 Å². The maximum Gasteiger partial charge on any atom is 0.273 e. The highest BCUT2D eigenvalue weighted by molar-refractivity contribution is 7.21. The van der Waals surface area contributed by atoms with E-state index < -0.39 is 0 Å². The molecule has 1 saturated heterocycles. The molecule has 1 aliphatic rings. The standard InChI is InChI=1S/C14H13N5OS2/c15-14-18-12-11(22-14)2-1-9(17-12)8-3-4-19(5-8)13(20)10-6-21-7-16-10/h1-2,6-8H,3-5H2,(H2,15,17,18). The van der Waals surface area contributed by atoms with Crippen LogP contribution in [0.1, 0.15) is 28.5 Å². The number of carbonyl (C=O) groups is 1. The van der Waals surface area contributed by atoms with Gasteiger partial charge in [-0.3, -0.25) is 4.79 Å². The third-order valence-electron chi connectivity index (χ3n) is 3.84. The van der Waals surface area contributed by atoms with Gasteiger partial charge in [0.2, 0.25) is 0 Å². The molecule has 1 aliphatic heterocycles. The van der Waals surface area contributed by atoms with Crippen molar-refractivity contribution in [3.05, 3.63) is 34.4 Å². The summed E-state index contributed by atoms with van der Waals surface area (Å²) in [6.07, 6.45) is 0.911. The van der Waals surface area contributed by atoms with E-state index in [-0.39, 0.29) is 11.8 Å². The molecule has 112 valence electrons. The monoisotopic (exact) mass is 331 g/mol. The first kappa shape index (κ1) is 13.6. The van der Waals surface area contributed by atoms with Gasteiger partial charge in [0.15, 0.2) is 10.8 Å². The first-order valence-corrected chi connectivity index (χ1v) is 8.67. The molecule has 1 fully saturated rings. The van der Waals surface area contributed by atoms with Crippen LogP contribution in [-0.2, 0) is 0 Å². The lowest BCUT2D eigenvalue weighted by Gasteiger charge is -2.15. The number of rotatable bonds is 2. The molecule has 8 heteroatoms. The second kappa shape index (κ2) is 5.29. The number of fused-ring (bicyclic) bond motifs is 1. The van der Waals surface area contributed by atoms with Crippen LogP contribution in [0.25, 0.3) is 10.3 Å². The van der Waals surface area contributed by atoms with Gasteiger partial charge in [-0.2, -0.15) is 0 Å². The van der Waals surface area contributed by atoms with E-state index >= 15 is 0 Å². The molecule has 1 unspecified atom stereocenters. The highest BCUT2D eigenvalue weighted by Crippen LogP contribution is 2.30. The summed E-state index contributed by atoms with van der Waals surface area (Å²) >= 11 is 2.88. The van der Waals surface area contributed by atoms with E-state index in [1.54, 1.807) is 10.9 Å². The van der Waals surface area contributed by atoms with Crippen molar-refractivity contribution in [2.75, 3.05) is 18.8 Å². The largest absolute Gasteiger partial charge is 0.375 e. The van der Waals surface area contributed by atoms with E-state index in [0.717, 1.165) is 23.4 Å². The van der Waals surface area contributed by atoms with Crippen LogP contribution in [0.2, 0.25) is 0 Å². The predicted molar refractivity (Wildman–Crippen MR) is 87.2 cm³/mol. The quantitative estimate of drug-likeness (QED) is 0.779. The van der Waals surface area contributed by atoms with Crippen LogP contribution in [0.4, 0.5) is 5.13 Å². The smallest absolute Gasteiger partial charge is 0.273 e. The number of thiazole rings is 2. The normalized spacial score (nSPS) is 18.2. The number of nitrogen functional groups attached to an aromatic ring is 1. The van der Waals surface area contributed by atoms with E-state index in [1.807, 2.05) is 17.0 Å². The average molecular weight is 331 g/mol. The van der Waals surface area contributed by atoms with Crippen molar-refractivity contribution in [3.8, 4) is 0 Å². The molecule has 0 spiro atoms. The number of hydrogen-bond acceptors (Lipinski definition) is 7. The van der Waals surface area contributed by atoms with Gasteiger partial charge in [0.25, 0.3) is 5.91 Å². The zero-order chi connectivity index (χ0) is 15.1. The summed E-state index contributed by atoms with van der Waals surface area (Å²) in [6, 6.07) is 4.03. The number of nitrogens with zero attached hydrogens (tertiary/aromatic N) is 4. The minimum absolute atomic E-state index is 0.00253. The zero-order valence-corrected chi connectivity index (χ0v) is 13.2. The fourth-order valence-corrected chi connectivity index (χ4v) is 3.95. The molecule has 1 atom stereocenters. The van der Waals surface area contributed by atoms with Crippen molar-refractivity contribution < 1.29 is 4.79 Å². The van der Waals surface area contributed by atoms with Crippen LogP contribution < -0.4 is 5.73 Å². The number of hydrogen-bond donors (Lipinski definition) is 1. The predicted octanol–water partition coefficient (Wildman–Crippen LogP) is 2.36. The van der Waals surface area contributed by atoms with Gasteiger partial charge in [-0.25, -0.2) is 15.0 Å². The Morgan fingerprint density at radius 2 is 2.27 bits per heavy atom. The first-order valence-electron chi connectivity index (χ1n) is 6.91. The molecule has 3 aromatic heterocycles. The third kappa shape index (κ3) is 2.34. The Morgan fingerprint density at radius 1 is 1.36 bits per heavy atom. The summed E-state index contributed by atoms with van der Waals surface area (Å²) in [4.78, 5) is 27.1. The van der Waals surface area contributed by atoms with Gasteiger partial charge in [0.05, 0.1) is 10.2 Å². The first-order chi connectivity index (χ1) is 10.7. The van der Waals surface area contributed by atoms with Crippen LogP contribution in [-0.4, -0.2) is 38.8 Å². The minimum atomic E-state index is 0.00253. The SMILES string of the molecule is Nc1nc2nc(C3CCN(C(=O)c4cscn4)C3)ccc2s1.